The van der Waals surface area contributed by atoms with Crippen LogP contribution in [-0.2, 0) is 17.1 Å². The highest BCUT2D eigenvalue weighted by molar-refractivity contribution is 7.89. The number of hydrogen-bond acceptors (Lipinski definition) is 3. The normalized spacial score (nSPS) is 12.0. The minimum atomic E-state index is -3.53. The lowest BCUT2D eigenvalue weighted by Gasteiger charge is -2.20. The molecule has 1 heterocycles. The summed E-state index contributed by atoms with van der Waals surface area (Å²) in [7, 11) is -1.79. The minimum absolute atomic E-state index is 0.281. The maximum absolute atomic E-state index is 13.0. The van der Waals surface area contributed by atoms with E-state index in [9.17, 15) is 8.42 Å². The zero-order valence-corrected chi connectivity index (χ0v) is 14.2. The van der Waals surface area contributed by atoms with Gasteiger partial charge in [0.25, 0.3) is 0 Å². The van der Waals surface area contributed by atoms with Crippen LogP contribution in [0.15, 0.2) is 41.4 Å². The van der Waals surface area contributed by atoms with Crippen LogP contribution in [-0.4, -0.2) is 35.6 Å². The van der Waals surface area contributed by atoms with Crippen LogP contribution >= 0.6 is 0 Å². The summed E-state index contributed by atoms with van der Waals surface area (Å²) in [6, 6.07) is 9.43. The lowest BCUT2D eigenvalue weighted by atomic mass is 10.2. The third kappa shape index (κ3) is 3.39. The van der Waals surface area contributed by atoms with E-state index in [1.165, 1.54) is 0 Å². The van der Waals surface area contributed by atoms with E-state index in [0.717, 1.165) is 18.4 Å². The average molecular weight is 321 g/mol. The molecule has 6 heteroatoms. The van der Waals surface area contributed by atoms with Gasteiger partial charge >= 0.3 is 0 Å². The van der Waals surface area contributed by atoms with E-state index in [1.807, 2.05) is 44.2 Å². The zero-order valence-electron chi connectivity index (χ0n) is 13.4. The molecule has 0 bridgehead atoms. The van der Waals surface area contributed by atoms with Crippen LogP contribution in [0.4, 0.5) is 0 Å². The van der Waals surface area contributed by atoms with Crippen molar-refractivity contribution in [2.75, 3.05) is 13.1 Å². The fourth-order valence-corrected chi connectivity index (χ4v) is 4.25. The Morgan fingerprint density at radius 3 is 2.23 bits per heavy atom. The quantitative estimate of drug-likeness (QED) is 0.788. The predicted molar refractivity (Wildman–Crippen MR) is 88.0 cm³/mol. The van der Waals surface area contributed by atoms with E-state index in [4.69, 9.17) is 0 Å². The molecule has 0 aliphatic carbocycles. The first kappa shape index (κ1) is 16.7. The lowest BCUT2D eigenvalue weighted by molar-refractivity contribution is 0.410. The summed E-state index contributed by atoms with van der Waals surface area (Å²) in [5.74, 6) is 0. The summed E-state index contributed by atoms with van der Waals surface area (Å²) < 4.78 is 29.1. The van der Waals surface area contributed by atoms with Gasteiger partial charge in [-0.3, -0.25) is 4.68 Å². The van der Waals surface area contributed by atoms with Gasteiger partial charge in [-0.25, -0.2) is 8.42 Å². The van der Waals surface area contributed by atoms with Crippen LogP contribution in [0.2, 0.25) is 0 Å². The highest BCUT2D eigenvalue weighted by atomic mass is 32.2. The molecule has 0 radical (unpaired) electrons. The van der Waals surface area contributed by atoms with E-state index in [1.54, 1.807) is 22.2 Å². The van der Waals surface area contributed by atoms with Crippen LogP contribution in [0.25, 0.3) is 11.3 Å². The molecule has 0 amide bonds. The van der Waals surface area contributed by atoms with E-state index < -0.39 is 10.0 Å². The standard InChI is InChI=1S/C16H23N3O2S/c1-4-11-19(12-5-2)22(20,21)15-13-18(3)17-16(15)14-9-7-6-8-10-14/h6-10,13H,4-5,11-12H2,1-3H3. The summed E-state index contributed by atoms with van der Waals surface area (Å²) in [5, 5.41) is 4.36. The van der Waals surface area contributed by atoms with Crippen LogP contribution in [0.1, 0.15) is 26.7 Å². The molecule has 22 heavy (non-hydrogen) atoms. The van der Waals surface area contributed by atoms with Crippen molar-refractivity contribution in [2.24, 2.45) is 7.05 Å². The fraction of sp³-hybridized carbons (Fsp3) is 0.438. The molecular weight excluding hydrogens is 298 g/mol. The number of aryl methyl sites for hydroxylation is 1. The van der Waals surface area contributed by atoms with Crippen molar-refractivity contribution in [1.82, 2.24) is 14.1 Å². The molecule has 0 aliphatic heterocycles. The van der Waals surface area contributed by atoms with Crippen molar-refractivity contribution in [3.8, 4) is 11.3 Å². The van der Waals surface area contributed by atoms with E-state index in [-0.39, 0.29) is 4.90 Å². The summed E-state index contributed by atoms with van der Waals surface area (Å²) >= 11 is 0. The maximum atomic E-state index is 13.0. The molecule has 2 aromatic rings. The van der Waals surface area contributed by atoms with Gasteiger partial charge in [0.1, 0.15) is 10.6 Å². The number of nitrogens with zero attached hydrogens (tertiary/aromatic N) is 3. The first-order chi connectivity index (χ1) is 10.5. The van der Waals surface area contributed by atoms with Crippen molar-refractivity contribution in [2.45, 2.75) is 31.6 Å². The highest BCUT2D eigenvalue weighted by Gasteiger charge is 2.28. The number of hydrogen-bond donors (Lipinski definition) is 0. The maximum Gasteiger partial charge on any atom is 0.246 e. The van der Waals surface area contributed by atoms with Crippen LogP contribution in [0.5, 0.6) is 0 Å². The third-order valence-electron chi connectivity index (χ3n) is 3.41. The Hall–Kier alpha value is -1.66. The van der Waals surface area contributed by atoms with E-state index in [2.05, 4.69) is 5.10 Å². The second kappa shape index (κ2) is 7.07. The number of aromatic nitrogens is 2. The van der Waals surface area contributed by atoms with E-state index in [0.29, 0.717) is 18.8 Å². The van der Waals surface area contributed by atoms with Gasteiger partial charge in [-0.15, -0.1) is 0 Å². The summed E-state index contributed by atoms with van der Waals surface area (Å²) in [6.45, 7) is 5.03. The third-order valence-corrected chi connectivity index (χ3v) is 5.31. The summed E-state index contributed by atoms with van der Waals surface area (Å²) in [6.07, 6.45) is 3.18. The molecule has 0 saturated carbocycles. The number of benzene rings is 1. The SMILES string of the molecule is CCCN(CCC)S(=O)(=O)c1cn(C)nc1-c1ccccc1. The van der Waals surface area contributed by atoms with Gasteiger partial charge in [0.2, 0.25) is 10.0 Å². The van der Waals surface area contributed by atoms with E-state index >= 15 is 0 Å². The van der Waals surface area contributed by atoms with Crippen molar-refractivity contribution >= 4 is 10.0 Å². The predicted octanol–water partition coefficient (Wildman–Crippen LogP) is 2.90. The average Bonchev–Trinajstić information content (AvgIpc) is 2.91. The molecule has 2 rings (SSSR count). The molecule has 0 unspecified atom stereocenters. The molecule has 0 spiro atoms. The minimum Gasteiger partial charge on any atom is -0.274 e. The summed E-state index contributed by atoms with van der Waals surface area (Å²) in [4.78, 5) is 0.281. The van der Waals surface area contributed by atoms with Gasteiger partial charge in [-0.05, 0) is 12.8 Å². The molecule has 0 aliphatic rings. The van der Waals surface area contributed by atoms with Crippen molar-refractivity contribution < 1.29 is 8.42 Å². The second-order valence-electron chi connectivity index (χ2n) is 5.29. The van der Waals surface area contributed by atoms with Gasteiger partial charge < -0.3 is 0 Å². The molecule has 0 fully saturated rings. The first-order valence-corrected chi connectivity index (χ1v) is 9.04. The Morgan fingerprint density at radius 2 is 1.68 bits per heavy atom. The molecule has 1 aromatic carbocycles. The van der Waals surface area contributed by atoms with Gasteiger partial charge in [0.05, 0.1) is 0 Å². The molecule has 0 atom stereocenters. The Morgan fingerprint density at radius 1 is 1.09 bits per heavy atom. The van der Waals surface area contributed by atoms with Gasteiger partial charge in [-0.2, -0.15) is 9.40 Å². The number of rotatable bonds is 7. The molecule has 0 saturated heterocycles. The Labute approximate surface area is 132 Å². The first-order valence-electron chi connectivity index (χ1n) is 7.60. The van der Waals surface area contributed by atoms with Crippen LogP contribution in [0.3, 0.4) is 0 Å². The Kier molecular flexibility index (Phi) is 5.37. The Balaban J connectivity index is 2.52. The lowest BCUT2D eigenvalue weighted by Crippen LogP contribution is -2.32. The van der Waals surface area contributed by atoms with Crippen LogP contribution in [0, 0.1) is 0 Å². The largest absolute Gasteiger partial charge is 0.274 e. The molecular formula is C16H23N3O2S. The number of sulfonamides is 1. The topological polar surface area (TPSA) is 55.2 Å². The molecule has 1 aromatic heterocycles. The van der Waals surface area contributed by atoms with Gasteiger partial charge in [0.15, 0.2) is 0 Å². The van der Waals surface area contributed by atoms with Crippen molar-refractivity contribution in [3.63, 3.8) is 0 Å². The van der Waals surface area contributed by atoms with Crippen molar-refractivity contribution in [3.05, 3.63) is 36.5 Å². The van der Waals surface area contributed by atoms with Gasteiger partial charge in [-0.1, -0.05) is 44.2 Å². The monoisotopic (exact) mass is 321 g/mol. The van der Waals surface area contributed by atoms with Gasteiger partial charge in [0, 0.05) is 31.9 Å². The molecule has 120 valence electrons. The highest BCUT2D eigenvalue weighted by Crippen LogP contribution is 2.28. The van der Waals surface area contributed by atoms with Crippen molar-refractivity contribution in [1.29, 1.82) is 0 Å². The summed E-state index contributed by atoms with van der Waals surface area (Å²) in [5.41, 5.74) is 1.33. The molecule has 5 nitrogen and oxygen atoms in total. The Bertz CT molecular complexity index is 702. The smallest absolute Gasteiger partial charge is 0.246 e. The molecule has 0 N–H and O–H groups in total. The fourth-order valence-electron chi connectivity index (χ4n) is 2.44. The zero-order chi connectivity index (χ0) is 16.2. The van der Waals surface area contributed by atoms with Crippen LogP contribution < -0.4 is 0 Å². The second-order valence-corrected chi connectivity index (χ2v) is 7.19.